The van der Waals surface area contributed by atoms with Gasteiger partial charge in [-0.25, -0.2) is 0 Å². The number of rotatable bonds is 4. The predicted octanol–water partition coefficient (Wildman–Crippen LogP) is 5.26. The maximum atomic E-state index is 9.85. The highest BCUT2D eigenvalue weighted by atomic mass is 79.9. The Morgan fingerprint density at radius 1 is 1.10 bits per heavy atom. The second-order valence-corrected chi connectivity index (χ2v) is 8.02. The van der Waals surface area contributed by atoms with Crippen LogP contribution in [0.15, 0.2) is 76.6 Å². The molecular formula is C24H19BrN2O3. The standard InChI is InChI=1S/C24H19BrN2O3/c1-14-2-4-15(5-3-14)13-29-21-9-6-16(25)10-19(21)23-18-8-7-17(28)11-22(18)30-24(27)20(23)12-26/h2-11,23,28H,13,27H2,1H3/t23-/m0/s1. The van der Waals surface area contributed by atoms with E-state index in [1.165, 1.54) is 11.6 Å². The summed E-state index contributed by atoms with van der Waals surface area (Å²) in [6.45, 7) is 2.43. The van der Waals surface area contributed by atoms with Gasteiger partial charge in [0, 0.05) is 21.7 Å². The number of aromatic hydroxyl groups is 1. The quantitative estimate of drug-likeness (QED) is 0.551. The lowest BCUT2D eigenvalue weighted by molar-refractivity contribution is 0.301. The van der Waals surface area contributed by atoms with Crippen molar-refractivity contribution in [1.29, 1.82) is 5.26 Å². The van der Waals surface area contributed by atoms with Crippen molar-refractivity contribution in [2.45, 2.75) is 19.4 Å². The largest absolute Gasteiger partial charge is 0.508 e. The molecule has 3 aromatic rings. The molecule has 0 saturated heterocycles. The number of hydrogen-bond acceptors (Lipinski definition) is 5. The lowest BCUT2D eigenvalue weighted by Crippen LogP contribution is -2.21. The first-order valence-electron chi connectivity index (χ1n) is 9.34. The van der Waals surface area contributed by atoms with Gasteiger partial charge in [-0.15, -0.1) is 0 Å². The summed E-state index contributed by atoms with van der Waals surface area (Å²) in [4.78, 5) is 0. The van der Waals surface area contributed by atoms with Crippen molar-refractivity contribution in [2.24, 2.45) is 5.73 Å². The number of fused-ring (bicyclic) bond motifs is 1. The molecule has 0 aromatic heterocycles. The van der Waals surface area contributed by atoms with Crippen LogP contribution in [0.1, 0.15) is 28.2 Å². The van der Waals surface area contributed by atoms with Gasteiger partial charge >= 0.3 is 0 Å². The molecule has 0 amide bonds. The summed E-state index contributed by atoms with van der Waals surface area (Å²) in [6.07, 6.45) is 0. The van der Waals surface area contributed by atoms with Crippen molar-refractivity contribution >= 4 is 15.9 Å². The first-order chi connectivity index (χ1) is 14.5. The Morgan fingerprint density at radius 3 is 2.60 bits per heavy atom. The van der Waals surface area contributed by atoms with Crippen LogP contribution in [0.2, 0.25) is 0 Å². The molecule has 4 rings (SSSR count). The summed E-state index contributed by atoms with van der Waals surface area (Å²) >= 11 is 3.52. The number of aryl methyl sites for hydroxylation is 1. The molecule has 6 heteroatoms. The zero-order valence-corrected chi connectivity index (χ0v) is 17.8. The molecule has 0 aliphatic carbocycles. The minimum atomic E-state index is -0.482. The van der Waals surface area contributed by atoms with Gasteiger partial charge in [0.25, 0.3) is 0 Å². The van der Waals surface area contributed by atoms with Crippen molar-refractivity contribution in [1.82, 2.24) is 0 Å². The number of ether oxygens (including phenoxy) is 2. The van der Waals surface area contributed by atoms with E-state index < -0.39 is 5.92 Å². The molecule has 0 spiro atoms. The van der Waals surface area contributed by atoms with Crippen molar-refractivity contribution in [3.63, 3.8) is 0 Å². The molecule has 0 bridgehead atoms. The van der Waals surface area contributed by atoms with Gasteiger partial charge in [0.2, 0.25) is 5.88 Å². The van der Waals surface area contributed by atoms with Crippen LogP contribution in [0.5, 0.6) is 17.2 Å². The fourth-order valence-electron chi connectivity index (χ4n) is 3.49. The summed E-state index contributed by atoms with van der Waals surface area (Å²) < 4.78 is 12.6. The number of halogens is 1. The average Bonchev–Trinajstić information content (AvgIpc) is 2.73. The molecule has 150 valence electrons. The van der Waals surface area contributed by atoms with Crippen molar-refractivity contribution in [2.75, 3.05) is 0 Å². The van der Waals surface area contributed by atoms with Gasteiger partial charge in [-0.2, -0.15) is 5.26 Å². The van der Waals surface area contributed by atoms with Crippen LogP contribution >= 0.6 is 15.9 Å². The van der Waals surface area contributed by atoms with Crippen LogP contribution in [0, 0.1) is 18.3 Å². The molecule has 0 saturated carbocycles. The Balaban J connectivity index is 1.78. The van der Waals surface area contributed by atoms with E-state index in [-0.39, 0.29) is 11.6 Å². The lowest BCUT2D eigenvalue weighted by atomic mass is 9.83. The number of nitrogens with zero attached hydrogens (tertiary/aromatic N) is 1. The molecule has 5 nitrogen and oxygen atoms in total. The first-order valence-corrected chi connectivity index (χ1v) is 10.1. The van der Waals surface area contributed by atoms with Gasteiger partial charge in [0.15, 0.2) is 0 Å². The summed E-state index contributed by atoms with van der Waals surface area (Å²) in [6, 6.07) is 20.8. The van der Waals surface area contributed by atoms with Crippen LogP contribution < -0.4 is 15.2 Å². The Morgan fingerprint density at radius 2 is 1.87 bits per heavy atom. The topological polar surface area (TPSA) is 88.5 Å². The van der Waals surface area contributed by atoms with Crippen LogP contribution in [0.4, 0.5) is 0 Å². The molecule has 1 aliphatic heterocycles. The molecule has 0 fully saturated rings. The van der Waals surface area contributed by atoms with Crippen LogP contribution in [-0.2, 0) is 6.61 Å². The minimum absolute atomic E-state index is 0.0186. The van der Waals surface area contributed by atoms with Gasteiger partial charge in [0.1, 0.15) is 35.5 Å². The van der Waals surface area contributed by atoms with Gasteiger partial charge in [0.05, 0.1) is 5.92 Å². The van der Waals surface area contributed by atoms with E-state index in [2.05, 4.69) is 22.0 Å². The number of phenolic OH excluding ortho intramolecular Hbond substituents is 1. The first kappa shape index (κ1) is 19.9. The van der Waals surface area contributed by atoms with Crippen LogP contribution in [-0.4, -0.2) is 5.11 Å². The van der Waals surface area contributed by atoms with Gasteiger partial charge in [-0.1, -0.05) is 51.8 Å². The molecule has 1 atom stereocenters. The third-order valence-corrected chi connectivity index (χ3v) is 5.49. The van der Waals surface area contributed by atoms with Gasteiger partial charge in [-0.05, 0) is 36.8 Å². The molecular weight excluding hydrogens is 444 g/mol. The van der Waals surface area contributed by atoms with E-state index in [1.54, 1.807) is 12.1 Å². The van der Waals surface area contributed by atoms with E-state index in [0.717, 1.165) is 21.2 Å². The molecule has 1 heterocycles. The highest BCUT2D eigenvalue weighted by Gasteiger charge is 2.33. The predicted molar refractivity (Wildman–Crippen MR) is 117 cm³/mol. The number of benzene rings is 3. The molecule has 3 N–H and O–H groups in total. The van der Waals surface area contributed by atoms with E-state index >= 15 is 0 Å². The number of phenols is 1. The Labute approximate surface area is 183 Å². The Kier molecular flexibility index (Phi) is 5.39. The Bertz CT molecular complexity index is 1180. The van der Waals surface area contributed by atoms with Crippen molar-refractivity contribution in [3.05, 3.63) is 98.8 Å². The van der Waals surface area contributed by atoms with Crippen molar-refractivity contribution in [3.8, 4) is 23.3 Å². The monoisotopic (exact) mass is 462 g/mol. The summed E-state index contributed by atoms with van der Waals surface area (Å²) in [7, 11) is 0. The average molecular weight is 463 g/mol. The second-order valence-electron chi connectivity index (χ2n) is 7.10. The zero-order valence-electron chi connectivity index (χ0n) is 16.2. The number of nitriles is 1. The Hall–Kier alpha value is -3.43. The fraction of sp³-hybridized carbons (Fsp3) is 0.125. The van der Waals surface area contributed by atoms with E-state index in [4.69, 9.17) is 15.2 Å². The van der Waals surface area contributed by atoms with E-state index in [1.807, 2.05) is 49.4 Å². The highest BCUT2D eigenvalue weighted by Crippen LogP contribution is 2.46. The van der Waals surface area contributed by atoms with Crippen LogP contribution in [0.25, 0.3) is 0 Å². The smallest absolute Gasteiger partial charge is 0.205 e. The van der Waals surface area contributed by atoms with E-state index in [0.29, 0.717) is 23.7 Å². The maximum Gasteiger partial charge on any atom is 0.205 e. The molecule has 1 aliphatic rings. The fourth-order valence-corrected chi connectivity index (χ4v) is 3.86. The normalized spacial score (nSPS) is 15.2. The molecule has 3 aromatic carbocycles. The minimum Gasteiger partial charge on any atom is -0.508 e. The summed E-state index contributed by atoms with van der Waals surface area (Å²) in [5, 5.41) is 19.6. The van der Waals surface area contributed by atoms with Gasteiger partial charge in [-0.3, -0.25) is 0 Å². The molecule has 0 unspecified atom stereocenters. The van der Waals surface area contributed by atoms with E-state index in [9.17, 15) is 10.4 Å². The van der Waals surface area contributed by atoms with Crippen LogP contribution in [0.3, 0.4) is 0 Å². The maximum absolute atomic E-state index is 9.85. The summed E-state index contributed by atoms with van der Waals surface area (Å²) in [5.74, 6) is 0.659. The molecule has 0 radical (unpaired) electrons. The number of hydrogen-bond donors (Lipinski definition) is 2. The second kappa shape index (κ2) is 8.13. The zero-order chi connectivity index (χ0) is 21.3. The SMILES string of the molecule is Cc1ccc(COc2ccc(Br)cc2[C@H]2C(C#N)=C(N)Oc3cc(O)ccc32)cc1. The number of allylic oxidation sites excluding steroid dienone is 1. The lowest BCUT2D eigenvalue weighted by Gasteiger charge is -2.28. The number of nitrogens with two attached hydrogens (primary N) is 1. The third-order valence-electron chi connectivity index (χ3n) is 5.00. The third kappa shape index (κ3) is 3.85. The highest BCUT2D eigenvalue weighted by molar-refractivity contribution is 9.10. The molecule has 30 heavy (non-hydrogen) atoms. The van der Waals surface area contributed by atoms with Gasteiger partial charge < -0.3 is 20.3 Å². The van der Waals surface area contributed by atoms with Crippen molar-refractivity contribution < 1.29 is 14.6 Å². The summed E-state index contributed by atoms with van der Waals surface area (Å²) in [5.41, 5.74) is 10.1.